The molecule has 0 spiro atoms. The molecule has 2 aromatic rings. The van der Waals surface area contributed by atoms with E-state index in [1.807, 2.05) is 5.32 Å². The van der Waals surface area contributed by atoms with Gasteiger partial charge in [-0.05, 0) is 49.4 Å². The number of hydrogen-bond donors (Lipinski definition) is 3. The van der Waals surface area contributed by atoms with Crippen LogP contribution in [0.1, 0.15) is 18.1 Å². The topological polar surface area (TPSA) is 136 Å². The van der Waals surface area contributed by atoms with Crippen LogP contribution in [0.15, 0.2) is 47.4 Å². The monoisotopic (exact) mass is 503 g/mol. The molecule has 2 rings (SSSR count). The van der Waals surface area contributed by atoms with E-state index >= 15 is 0 Å². The lowest BCUT2D eigenvalue weighted by atomic mass is 10.1. The van der Waals surface area contributed by atoms with E-state index in [1.165, 1.54) is 18.2 Å². The lowest BCUT2D eigenvalue weighted by Crippen LogP contribution is -2.45. The predicted octanol–water partition coefficient (Wildman–Crippen LogP) is 2.92. The average Bonchev–Trinajstić information content (AvgIpc) is 2.72. The zero-order valence-electron chi connectivity index (χ0n) is 16.9. The van der Waals surface area contributed by atoms with Crippen LogP contribution in [0.25, 0.3) is 0 Å². The van der Waals surface area contributed by atoms with Gasteiger partial charge in [-0.3, -0.25) is 9.59 Å². The minimum atomic E-state index is -4.87. The highest BCUT2D eigenvalue weighted by atomic mass is 35.5. The molecule has 0 saturated carbocycles. The fourth-order valence-electron chi connectivity index (χ4n) is 2.68. The summed E-state index contributed by atoms with van der Waals surface area (Å²) in [5, 5.41) is 23.7. The Morgan fingerprint density at radius 1 is 1.09 bits per heavy atom. The summed E-state index contributed by atoms with van der Waals surface area (Å²) in [5.41, 5.74) is -4.60. The van der Waals surface area contributed by atoms with E-state index in [-0.39, 0.29) is 22.2 Å². The molecule has 176 valence electrons. The molecule has 2 aromatic carbocycles. The smallest absolute Gasteiger partial charge is 0.379 e. The summed E-state index contributed by atoms with van der Waals surface area (Å²) in [6, 6.07) is 8.60. The first kappa shape index (κ1) is 26.1. The van der Waals surface area contributed by atoms with Gasteiger partial charge in [-0.2, -0.15) is 18.4 Å². The molecule has 0 aliphatic heterocycles. The second-order valence-corrected chi connectivity index (χ2v) is 9.32. The van der Waals surface area contributed by atoms with Gasteiger partial charge >= 0.3 is 6.18 Å². The van der Waals surface area contributed by atoms with Gasteiger partial charge in [0.05, 0.1) is 27.8 Å². The fraction of sp³-hybridized carbons (Fsp3) is 0.250. The number of hydrogen-bond acceptors (Lipinski definition) is 6. The van der Waals surface area contributed by atoms with Gasteiger partial charge in [0.2, 0.25) is 5.91 Å². The molecule has 1 unspecified atom stereocenters. The maximum atomic E-state index is 13.1. The number of nitrogens with zero attached hydrogens (tertiary/aromatic N) is 1. The van der Waals surface area contributed by atoms with Crippen molar-refractivity contribution in [2.24, 2.45) is 0 Å². The van der Waals surface area contributed by atoms with E-state index in [0.29, 0.717) is 6.07 Å². The summed E-state index contributed by atoms with van der Waals surface area (Å²) in [6.45, 7) is 0.892. The number of nitrogens with one attached hydrogen (secondary N) is 2. The van der Waals surface area contributed by atoms with Crippen LogP contribution >= 0.6 is 11.6 Å². The molecule has 0 aliphatic rings. The maximum absolute atomic E-state index is 13.1. The van der Waals surface area contributed by atoms with Crippen LogP contribution < -0.4 is 10.6 Å². The van der Waals surface area contributed by atoms with Gasteiger partial charge in [0.15, 0.2) is 15.4 Å². The van der Waals surface area contributed by atoms with Gasteiger partial charge in [-0.25, -0.2) is 8.42 Å². The molecule has 1 atom stereocenters. The van der Waals surface area contributed by atoms with Crippen molar-refractivity contribution in [1.29, 1.82) is 5.26 Å². The molecule has 0 radical (unpaired) electrons. The maximum Gasteiger partial charge on any atom is 0.417 e. The van der Waals surface area contributed by atoms with E-state index in [1.54, 1.807) is 0 Å². The van der Waals surface area contributed by atoms with Crippen molar-refractivity contribution >= 4 is 44.6 Å². The number of anilines is 2. The van der Waals surface area contributed by atoms with Crippen LogP contribution in [-0.4, -0.2) is 42.6 Å². The molecule has 2 amide bonds. The Balaban J connectivity index is 2.20. The van der Waals surface area contributed by atoms with Gasteiger partial charge in [0, 0.05) is 11.4 Å². The van der Waals surface area contributed by atoms with E-state index in [0.717, 1.165) is 31.2 Å². The SMILES string of the molecule is CC(O)(CS(=O)(=O)c1ccc(NC(=O)CCl)cc1)C(=O)Nc1ccc(C#N)c(C(F)(F)F)c1. The van der Waals surface area contributed by atoms with Gasteiger partial charge in [-0.1, -0.05) is 0 Å². The number of halogens is 4. The Morgan fingerprint density at radius 3 is 2.18 bits per heavy atom. The molecule has 0 fully saturated rings. The molecule has 0 bridgehead atoms. The number of rotatable bonds is 7. The van der Waals surface area contributed by atoms with Crippen molar-refractivity contribution in [3.63, 3.8) is 0 Å². The number of alkyl halides is 4. The van der Waals surface area contributed by atoms with Crippen LogP contribution in [0.2, 0.25) is 0 Å². The Morgan fingerprint density at radius 2 is 1.67 bits per heavy atom. The van der Waals surface area contributed by atoms with E-state index in [9.17, 15) is 36.3 Å². The quantitative estimate of drug-likeness (QED) is 0.497. The molecule has 0 heterocycles. The number of aliphatic hydroxyl groups is 1. The Bertz CT molecular complexity index is 1210. The first-order valence-corrected chi connectivity index (χ1v) is 11.2. The van der Waals surface area contributed by atoms with Crippen LogP contribution in [0.5, 0.6) is 0 Å². The second-order valence-electron chi connectivity index (χ2n) is 7.06. The first-order chi connectivity index (χ1) is 15.2. The zero-order chi connectivity index (χ0) is 25.0. The minimum absolute atomic E-state index is 0.267. The van der Waals surface area contributed by atoms with E-state index in [2.05, 4.69) is 5.32 Å². The molecule has 33 heavy (non-hydrogen) atoms. The molecule has 0 aromatic heterocycles. The average molecular weight is 504 g/mol. The van der Waals surface area contributed by atoms with Gasteiger partial charge in [0.25, 0.3) is 5.91 Å². The van der Waals surface area contributed by atoms with E-state index in [4.69, 9.17) is 16.9 Å². The van der Waals surface area contributed by atoms with Crippen LogP contribution in [0.3, 0.4) is 0 Å². The third kappa shape index (κ3) is 6.67. The highest BCUT2D eigenvalue weighted by molar-refractivity contribution is 7.91. The second kappa shape index (κ2) is 9.78. The standard InChI is InChI=1S/C20H17ClF3N3O5S/c1-19(30,11-33(31,32)15-6-4-13(5-7-15)26-17(28)9-21)18(29)27-14-3-2-12(10-25)16(8-14)20(22,23)24/h2-8,30H,9,11H2,1H3,(H,26,28)(H,27,29). The lowest BCUT2D eigenvalue weighted by molar-refractivity contribution is -0.137. The Kier molecular flexibility index (Phi) is 7.74. The number of carbonyl (C=O) groups excluding carboxylic acids is 2. The Labute approximate surface area is 191 Å². The zero-order valence-corrected chi connectivity index (χ0v) is 18.5. The lowest BCUT2D eigenvalue weighted by Gasteiger charge is -2.22. The summed E-state index contributed by atoms with van der Waals surface area (Å²) in [5.74, 6) is -3.16. The minimum Gasteiger partial charge on any atom is -0.379 e. The normalized spacial score (nSPS) is 13.5. The summed E-state index contributed by atoms with van der Waals surface area (Å²) < 4.78 is 64.5. The van der Waals surface area contributed by atoms with Crippen LogP contribution in [0.4, 0.5) is 24.5 Å². The molecular weight excluding hydrogens is 487 g/mol. The molecule has 3 N–H and O–H groups in total. The Hall–Kier alpha value is -3.14. The van der Waals surface area contributed by atoms with Crippen molar-refractivity contribution < 1.29 is 36.3 Å². The number of carbonyl (C=O) groups is 2. The van der Waals surface area contributed by atoms with Crippen molar-refractivity contribution in [1.82, 2.24) is 0 Å². The molecular formula is C20H17ClF3N3O5S. The largest absolute Gasteiger partial charge is 0.417 e. The number of benzene rings is 2. The van der Waals surface area contributed by atoms with Crippen molar-refractivity contribution in [3.05, 3.63) is 53.6 Å². The summed E-state index contributed by atoms with van der Waals surface area (Å²) in [6.07, 6.45) is -4.87. The van der Waals surface area contributed by atoms with Crippen molar-refractivity contribution in [2.75, 3.05) is 22.3 Å². The summed E-state index contributed by atoms with van der Waals surface area (Å²) in [7, 11) is -4.22. The van der Waals surface area contributed by atoms with Gasteiger partial charge < -0.3 is 15.7 Å². The molecule has 8 nitrogen and oxygen atoms in total. The fourth-order valence-corrected chi connectivity index (χ4v) is 4.33. The van der Waals surface area contributed by atoms with Gasteiger partial charge in [0.1, 0.15) is 5.88 Å². The van der Waals surface area contributed by atoms with Crippen molar-refractivity contribution in [3.8, 4) is 6.07 Å². The van der Waals surface area contributed by atoms with Crippen molar-refractivity contribution in [2.45, 2.75) is 23.6 Å². The summed E-state index contributed by atoms with van der Waals surface area (Å²) >= 11 is 5.37. The highest BCUT2D eigenvalue weighted by Crippen LogP contribution is 2.33. The summed E-state index contributed by atoms with van der Waals surface area (Å²) in [4.78, 5) is 23.4. The van der Waals surface area contributed by atoms with Crippen LogP contribution in [-0.2, 0) is 25.6 Å². The molecule has 0 aliphatic carbocycles. The number of nitriles is 1. The first-order valence-electron chi connectivity index (χ1n) is 9.03. The highest BCUT2D eigenvalue weighted by Gasteiger charge is 2.38. The predicted molar refractivity (Wildman–Crippen MR) is 113 cm³/mol. The molecule has 0 saturated heterocycles. The number of amides is 2. The van der Waals surface area contributed by atoms with E-state index < -0.39 is 50.3 Å². The third-order valence-corrected chi connectivity index (χ3v) is 6.46. The van der Waals surface area contributed by atoms with Crippen LogP contribution in [0, 0.1) is 11.3 Å². The van der Waals surface area contributed by atoms with Gasteiger partial charge in [-0.15, -0.1) is 11.6 Å². The molecule has 13 heteroatoms. The number of sulfone groups is 1. The third-order valence-electron chi connectivity index (χ3n) is 4.28.